The molecule has 0 fully saturated rings. The molecule has 0 aliphatic carbocycles. The summed E-state index contributed by atoms with van der Waals surface area (Å²) in [5.74, 6) is 0. The van der Waals surface area contributed by atoms with Crippen molar-refractivity contribution in [2.45, 2.75) is 13.3 Å². The lowest BCUT2D eigenvalue weighted by Crippen LogP contribution is -3.05. The van der Waals surface area contributed by atoms with E-state index in [1.54, 1.807) is 0 Å². The minimum absolute atomic E-state index is 1.29. The first-order valence-electron chi connectivity index (χ1n) is 3.33. The number of quaternary nitrogens is 1. The second kappa shape index (κ2) is 6.76. The van der Waals surface area contributed by atoms with Gasteiger partial charge in [-0.3, -0.25) is 4.57 Å². The Labute approximate surface area is 66.9 Å². The average Bonchev–Trinajstić information content (AvgIpc) is 1.58. The molecule has 0 unspecified atom stereocenters. The van der Waals surface area contributed by atoms with E-state index in [9.17, 15) is 0 Å². The molecular weight excluding hydrogens is 169 g/mol. The summed E-state index contributed by atoms with van der Waals surface area (Å²) >= 11 is 0. The van der Waals surface area contributed by atoms with Crippen molar-refractivity contribution < 1.29 is 24.1 Å². The topological polar surface area (TPSA) is 85.0 Å². The zero-order valence-corrected chi connectivity index (χ0v) is 7.97. The Morgan fingerprint density at radius 2 is 1.73 bits per heavy atom. The Kier molecular flexibility index (Phi) is 8.39. The molecule has 0 aromatic rings. The van der Waals surface area contributed by atoms with Gasteiger partial charge in [0, 0.05) is 0 Å². The molecule has 0 aromatic heterocycles. The minimum Gasteiger partial charge on any atom is -0.756 e. The largest absolute Gasteiger partial charge is 0.756 e. The van der Waals surface area contributed by atoms with E-state index in [0.717, 1.165) is 0 Å². The van der Waals surface area contributed by atoms with Crippen molar-refractivity contribution in [3.8, 4) is 0 Å². The second-order valence-corrected chi connectivity index (χ2v) is 3.43. The monoisotopic (exact) mass is 185 g/mol. The van der Waals surface area contributed by atoms with Crippen LogP contribution in [0.1, 0.15) is 13.3 Å². The molecule has 0 amide bonds. The summed E-state index contributed by atoms with van der Waals surface area (Å²) in [5, 5.41) is 0. The van der Waals surface area contributed by atoms with Crippen LogP contribution in [0, 0.1) is 0 Å². The standard InChI is InChI=1S/C5H13N.H3O4P/c1-4-5-6(2)3;1-5(2,3)4/h4-5H2,1-3H3;(H3,1,2,3,4). The van der Waals surface area contributed by atoms with Crippen molar-refractivity contribution in [2.24, 2.45) is 0 Å². The maximum atomic E-state index is 8.77. The van der Waals surface area contributed by atoms with Crippen LogP contribution in [0.3, 0.4) is 0 Å². The van der Waals surface area contributed by atoms with E-state index in [1.165, 1.54) is 17.9 Å². The lowest BCUT2D eigenvalue weighted by molar-refractivity contribution is -0.858. The van der Waals surface area contributed by atoms with Crippen LogP contribution in [-0.4, -0.2) is 30.4 Å². The SMILES string of the molecule is CCC[NH+](C)C.O=P([O-])(O)O. The molecule has 11 heavy (non-hydrogen) atoms. The van der Waals surface area contributed by atoms with Crippen molar-refractivity contribution in [3.05, 3.63) is 0 Å². The molecule has 70 valence electrons. The first kappa shape index (κ1) is 13.6. The maximum Gasteiger partial charge on any atom is 0.262 e. The molecule has 3 N–H and O–H groups in total. The summed E-state index contributed by atoms with van der Waals surface area (Å²) in [7, 11) is -0.549. The predicted octanol–water partition coefficient (Wildman–Crippen LogP) is -2.02. The summed E-state index contributed by atoms with van der Waals surface area (Å²) in [6, 6.07) is 0. The fraction of sp³-hybridized carbons (Fsp3) is 1.00. The van der Waals surface area contributed by atoms with Gasteiger partial charge in [-0.2, -0.15) is 0 Å². The molecule has 0 spiro atoms. The first-order valence-corrected chi connectivity index (χ1v) is 4.86. The maximum absolute atomic E-state index is 8.77. The molecule has 6 heteroatoms. The van der Waals surface area contributed by atoms with E-state index in [-0.39, 0.29) is 0 Å². The van der Waals surface area contributed by atoms with Crippen LogP contribution in [0.25, 0.3) is 0 Å². The third-order valence-electron chi connectivity index (χ3n) is 0.750. The highest BCUT2D eigenvalue weighted by Gasteiger charge is 1.83. The van der Waals surface area contributed by atoms with Gasteiger partial charge in [-0.15, -0.1) is 0 Å². The van der Waals surface area contributed by atoms with E-state index in [4.69, 9.17) is 19.2 Å². The third-order valence-corrected chi connectivity index (χ3v) is 0.750. The molecule has 0 saturated heterocycles. The van der Waals surface area contributed by atoms with Gasteiger partial charge in [0.25, 0.3) is 7.82 Å². The van der Waals surface area contributed by atoms with Crippen molar-refractivity contribution in [2.75, 3.05) is 20.6 Å². The summed E-state index contributed by atoms with van der Waals surface area (Å²) in [4.78, 5) is 24.5. The molecule has 0 atom stereocenters. The predicted molar refractivity (Wildman–Crippen MR) is 40.0 cm³/mol. The number of nitrogens with one attached hydrogen (secondary N) is 1. The lowest BCUT2D eigenvalue weighted by Gasteiger charge is -2.01. The number of rotatable bonds is 2. The summed E-state index contributed by atoms with van der Waals surface area (Å²) in [6.07, 6.45) is 1.29. The van der Waals surface area contributed by atoms with E-state index in [0.29, 0.717) is 0 Å². The normalized spacial score (nSPS) is 10.8. The Bertz CT molecular complexity index is 113. The number of phosphoric acid groups is 1. The van der Waals surface area contributed by atoms with Gasteiger partial charge < -0.3 is 19.6 Å². The van der Waals surface area contributed by atoms with Gasteiger partial charge in [-0.25, -0.2) is 0 Å². The Morgan fingerprint density at radius 3 is 1.73 bits per heavy atom. The summed E-state index contributed by atoms with van der Waals surface area (Å²) in [5.41, 5.74) is 0. The fourth-order valence-electron chi connectivity index (χ4n) is 0.500. The van der Waals surface area contributed by atoms with Crippen LogP contribution < -0.4 is 9.79 Å². The second-order valence-electron chi connectivity index (χ2n) is 2.45. The van der Waals surface area contributed by atoms with Crippen molar-refractivity contribution in [3.63, 3.8) is 0 Å². The van der Waals surface area contributed by atoms with Gasteiger partial charge >= 0.3 is 0 Å². The summed E-state index contributed by atoms with van der Waals surface area (Å²) in [6.45, 7) is 3.49. The van der Waals surface area contributed by atoms with E-state index in [1.807, 2.05) is 0 Å². The molecule has 0 aliphatic heterocycles. The highest BCUT2D eigenvalue weighted by atomic mass is 31.2. The van der Waals surface area contributed by atoms with Gasteiger partial charge in [-0.05, 0) is 6.42 Å². The highest BCUT2D eigenvalue weighted by Crippen LogP contribution is 2.18. The molecule has 0 heterocycles. The van der Waals surface area contributed by atoms with E-state index in [2.05, 4.69) is 21.0 Å². The molecule has 0 radical (unpaired) electrons. The fourth-order valence-corrected chi connectivity index (χ4v) is 0.500. The van der Waals surface area contributed by atoms with Crippen LogP contribution in [0.4, 0.5) is 0 Å². The van der Waals surface area contributed by atoms with Gasteiger partial charge in [0.2, 0.25) is 0 Å². The number of hydrogen-bond acceptors (Lipinski definition) is 2. The van der Waals surface area contributed by atoms with Crippen LogP contribution in [0.5, 0.6) is 0 Å². The first-order chi connectivity index (χ1) is 4.77. The van der Waals surface area contributed by atoms with Crippen LogP contribution >= 0.6 is 7.82 Å². The molecule has 0 aliphatic rings. The van der Waals surface area contributed by atoms with E-state index >= 15 is 0 Å². The molecule has 0 bridgehead atoms. The van der Waals surface area contributed by atoms with Crippen LogP contribution in [0.2, 0.25) is 0 Å². The molecular formula is C5H16NO4P. The summed E-state index contributed by atoms with van der Waals surface area (Å²) < 4.78 is 8.77. The van der Waals surface area contributed by atoms with Crippen LogP contribution in [-0.2, 0) is 4.57 Å². The average molecular weight is 185 g/mol. The van der Waals surface area contributed by atoms with E-state index < -0.39 is 7.82 Å². The molecule has 5 nitrogen and oxygen atoms in total. The highest BCUT2D eigenvalue weighted by molar-refractivity contribution is 7.43. The Morgan fingerprint density at radius 1 is 1.45 bits per heavy atom. The van der Waals surface area contributed by atoms with Crippen molar-refractivity contribution in [1.29, 1.82) is 0 Å². The van der Waals surface area contributed by atoms with Gasteiger partial charge in [0.1, 0.15) is 0 Å². The van der Waals surface area contributed by atoms with Crippen LogP contribution in [0.15, 0.2) is 0 Å². The zero-order valence-electron chi connectivity index (χ0n) is 7.07. The quantitative estimate of drug-likeness (QED) is 0.433. The molecule has 0 saturated carbocycles. The van der Waals surface area contributed by atoms with Gasteiger partial charge in [0.05, 0.1) is 20.6 Å². The number of hydrogen-bond donors (Lipinski definition) is 3. The Balaban J connectivity index is 0. The smallest absolute Gasteiger partial charge is 0.262 e. The lowest BCUT2D eigenvalue weighted by atomic mass is 10.5. The van der Waals surface area contributed by atoms with Gasteiger partial charge in [0.15, 0.2) is 0 Å². The molecule has 0 rings (SSSR count). The van der Waals surface area contributed by atoms with Gasteiger partial charge in [-0.1, -0.05) is 6.92 Å². The zero-order chi connectivity index (χ0) is 9.49. The third kappa shape index (κ3) is 69.6. The van der Waals surface area contributed by atoms with Crippen molar-refractivity contribution >= 4 is 7.82 Å². The van der Waals surface area contributed by atoms with Crippen molar-refractivity contribution in [1.82, 2.24) is 0 Å². The Hall–Kier alpha value is 0.0700. The molecule has 0 aromatic carbocycles. The minimum atomic E-state index is -4.89.